The normalized spacial score (nSPS) is 12.2. The van der Waals surface area contributed by atoms with Gasteiger partial charge in [-0.25, -0.2) is 26.7 Å². The molecule has 0 bridgehead atoms. The zero-order valence-corrected chi connectivity index (χ0v) is 26.4. The van der Waals surface area contributed by atoms with Gasteiger partial charge >= 0.3 is 5.97 Å². The molecule has 0 fully saturated rings. The van der Waals surface area contributed by atoms with Crippen molar-refractivity contribution in [3.8, 4) is 0 Å². The number of allylic oxidation sites excluding steroid dienone is 2. The lowest BCUT2D eigenvalue weighted by Crippen LogP contribution is -2.37. The number of rotatable bonds is 10. The van der Waals surface area contributed by atoms with E-state index in [1.807, 2.05) is 37.3 Å². The molecule has 1 aliphatic rings. The summed E-state index contributed by atoms with van der Waals surface area (Å²) in [5, 5.41) is 3.12. The number of anilines is 1. The smallest absolute Gasteiger partial charge is 0.338 e. The molecule has 0 saturated carbocycles. The maximum absolute atomic E-state index is 13.0. The molecule has 0 aliphatic heterocycles. The fourth-order valence-electron chi connectivity index (χ4n) is 4.77. The minimum Gasteiger partial charge on any atom is -0.457 e. The van der Waals surface area contributed by atoms with Crippen LogP contribution in [0, 0.1) is 29.1 Å². The highest BCUT2D eigenvalue weighted by atomic mass is 32.1. The van der Waals surface area contributed by atoms with E-state index in [2.05, 4.69) is 48.3 Å². The number of carbonyl (C=O) groups is 2. The van der Waals surface area contributed by atoms with Crippen molar-refractivity contribution in [3.05, 3.63) is 136 Å². The molecule has 47 heavy (non-hydrogen) atoms. The number of thiol groups is 1. The van der Waals surface area contributed by atoms with E-state index < -0.39 is 34.0 Å². The summed E-state index contributed by atoms with van der Waals surface area (Å²) in [5.41, 5.74) is 5.87. The summed E-state index contributed by atoms with van der Waals surface area (Å²) in [6.45, 7) is 3.63. The van der Waals surface area contributed by atoms with E-state index in [0.29, 0.717) is 12.1 Å². The van der Waals surface area contributed by atoms with Gasteiger partial charge in [0.05, 0.1) is 23.5 Å². The van der Waals surface area contributed by atoms with Gasteiger partial charge in [0.2, 0.25) is 11.7 Å². The first kappa shape index (κ1) is 35.4. The number of halogens is 5. The Morgan fingerprint density at radius 3 is 2.00 bits per heavy atom. The first-order valence-electron chi connectivity index (χ1n) is 14.9. The number of hydrogen-bond donors (Lipinski definition) is 2. The molecule has 5 rings (SSSR count). The third-order valence-electron chi connectivity index (χ3n) is 7.35. The average molecular weight is 669 g/mol. The Kier molecular flexibility index (Phi) is 12.7. The second kappa shape index (κ2) is 16.9. The Balaban J connectivity index is 0.000000351. The van der Waals surface area contributed by atoms with Gasteiger partial charge in [-0.1, -0.05) is 67.6 Å². The summed E-state index contributed by atoms with van der Waals surface area (Å²) in [6.07, 6.45) is 5.82. The van der Waals surface area contributed by atoms with Crippen molar-refractivity contribution >= 4 is 35.8 Å². The number of likely N-dealkylation sites (N-methyl/N-ethyl adjacent to an activating group) is 1. The summed E-state index contributed by atoms with van der Waals surface area (Å²) >= 11 is 3.10. The van der Waals surface area contributed by atoms with Crippen LogP contribution < -0.4 is 10.2 Å². The largest absolute Gasteiger partial charge is 0.457 e. The number of amides is 1. The van der Waals surface area contributed by atoms with Gasteiger partial charge in [-0.15, -0.1) is 12.6 Å². The van der Waals surface area contributed by atoms with E-state index in [1.165, 1.54) is 17.6 Å². The molecule has 0 heterocycles. The number of carbonyl (C=O) groups excluding carboxylic acids is 2. The molecule has 0 radical (unpaired) electrons. The zero-order chi connectivity index (χ0) is 33.9. The molecule has 0 spiro atoms. The van der Waals surface area contributed by atoms with Crippen molar-refractivity contribution in [2.45, 2.75) is 44.2 Å². The minimum atomic E-state index is -2.18. The summed E-state index contributed by atoms with van der Waals surface area (Å²) in [6, 6.07) is 25.1. The molecule has 0 saturated heterocycles. The molecule has 1 N–H and O–H groups in total. The summed E-state index contributed by atoms with van der Waals surface area (Å²) in [4.78, 5) is 26.1. The van der Waals surface area contributed by atoms with E-state index >= 15 is 0 Å². The molecule has 5 nitrogen and oxygen atoms in total. The third-order valence-corrected chi connectivity index (χ3v) is 7.74. The van der Waals surface area contributed by atoms with Crippen molar-refractivity contribution in [1.82, 2.24) is 5.32 Å². The highest BCUT2D eigenvalue weighted by Crippen LogP contribution is 2.28. The van der Waals surface area contributed by atoms with Crippen LogP contribution in [0.25, 0.3) is 5.57 Å². The minimum absolute atomic E-state index is 0.0196. The first-order chi connectivity index (χ1) is 22.6. The van der Waals surface area contributed by atoms with E-state index in [-0.39, 0.29) is 25.0 Å². The van der Waals surface area contributed by atoms with Gasteiger partial charge in [-0.3, -0.25) is 4.79 Å². The molecule has 4 aromatic rings. The third kappa shape index (κ3) is 9.30. The van der Waals surface area contributed by atoms with Crippen LogP contribution in [0.3, 0.4) is 0 Å². The lowest BCUT2D eigenvalue weighted by Gasteiger charge is -2.24. The lowest BCUT2D eigenvalue weighted by atomic mass is 10.0. The molecular weight excluding hydrogens is 635 g/mol. The first-order valence-corrected chi connectivity index (χ1v) is 15.4. The highest BCUT2D eigenvalue weighted by molar-refractivity contribution is 7.80. The standard InChI is InChI=1S/C30H32N2O3.C6HF5S/c1-2-31-20-29(33)32(21-23-12-14-26(15-13-23)25-10-6-7-11-25)28-18-16-27(17-19-28)30(34)35-22-24-8-4-3-5-9-24;7-1-2(8)4(10)6(12)5(11)3(1)9/h3-5,8-10,12-19,31H,2,6-7,11,20-22H2,1H3;12H. The molecule has 4 aromatic carbocycles. The maximum atomic E-state index is 13.0. The average Bonchev–Trinajstić information content (AvgIpc) is 3.66. The molecule has 0 aromatic heterocycles. The fourth-order valence-corrected chi connectivity index (χ4v) is 4.96. The topological polar surface area (TPSA) is 58.6 Å². The predicted octanol–water partition coefficient (Wildman–Crippen LogP) is 8.42. The van der Waals surface area contributed by atoms with Crippen molar-refractivity contribution in [3.63, 3.8) is 0 Å². The summed E-state index contributed by atoms with van der Waals surface area (Å²) in [7, 11) is 0. The van der Waals surface area contributed by atoms with Gasteiger partial charge in [-0.2, -0.15) is 0 Å². The van der Waals surface area contributed by atoms with Gasteiger partial charge in [0, 0.05) is 5.69 Å². The molecule has 0 unspecified atom stereocenters. The number of esters is 1. The van der Waals surface area contributed by atoms with Crippen molar-refractivity contribution < 1.29 is 36.3 Å². The zero-order valence-electron chi connectivity index (χ0n) is 25.5. The number of nitrogens with one attached hydrogen (secondary N) is 1. The van der Waals surface area contributed by atoms with E-state index in [0.717, 1.165) is 36.2 Å². The molecule has 1 amide bonds. The number of ether oxygens (including phenoxy) is 1. The van der Waals surface area contributed by atoms with Crippen LogP contribution in [0.1, 0.15) is 53.2 Å². The molecule has 1 aliphatic carbocycles. The second-order valence-electron chi connectivity index (χ2n) is 10.6. The molecule has 0 atom stereocenters. The van der Waals surface area contributed by atoms with Crippen LogP contribution in [0.4, 0.5) is 27.6 Å². The predicted molar refractivity (Wildman–Crippen MR) is 173 cm³/mol. The van der Waals surface area contributed by atoms with E-state index in [4.69, 9.17) is 4.74 Å². The van der Waals surface area contributed by atoms with Gasteiger partial charge in [-0.05, 0) is 72.3 Å². The van der Waals surface area contributed by atoms with Crippen LogP contribution in [-0.4, -0.2) is 25.0 Å². The Morgan fingerprint density at radius 1 is 0.809 bits per heavy atom. The number of hydrogen-bond acceptors (Lipinski definition) is 5. The van der Waals surface area contributed by atoms with Gasteiger partial charge < -0.3 is 15.0 Å². The van der Waals surface area contributed by atoms with Crippen LogP contribution >= 0.6 is 12.6 Å². The number of benzene rings is 4. The fraction of sp³-hybridized carbons (Fsp3) is 0.222. The Labute approximate surface area is 275 Å². The van der Waals surface area contributed by atoms with Gasteiger partial charge in [0.1, 0.15) is 6.61 Å². The number of nitrogens with zero attached hydrogens (tertiary/aromatic N) is 1. The highest BCUT2D eigenvalue weighted by Gasteiger charge is 2.23. The van der Waals surface area contributed by atoms with Crippen molar-refractivity contribution in [2.24, 2.45) is 0 Å². The quantitative estimate of drug-likeness (QED) is 0.0586. The Morgan fingerprint density at radius 2 is 1.43 bits per heavy atom. The Bertz CT molecular complexity index is 1610. The SMILES string of the molecule is CCNCC(=O)N(Cc1ccc(C2=CCCC2)cc1)c1ccc(C(=O)OCc2ccccc2)cc1.Fc1c(F)c(F)c(S)c(F)c1F. The van der Waals surface area contributed by atoms with Crippen LogP contribution in [-0.2, 0) is 22.7 Å². The van der Waals surface area contributed by atoms with Crippen molar-refractivity contribution in [1.29, 1.82) is 0 Å². The summed E-state index contributed by atoms with van der Waals surface area (Å²) < 4.78 is 66.7. The molecule has 246 valence electrons. The maximum Gasteiger partial charge on any atom is 0.338 e. The molecule has 11 heteroatoms. The molecular formula is C36H33F5N2O3S. The lowest BCUT2D eigenvalue weighted by molar-refractivity contribution is -0.117. The Hall–Kier alpha value is -4.48. The van der Waals surface area contributed by atoms with E-state index in [9.17, 15) is 31.5 Å². The second-order valence-corrected chi connectivity index (χ2v) is 11.1. The summed E-state index contributed by atoms with van der Waals surface area (Å²) in [5.74, 6) is -10.4. The van der Waals surface area contributed by atoms with Crippen LogP contribution in [0.2, 0.25) is 0 Å². The van der Waals surface area contributed by atoms with E-state index in [1.54, 1.807) is 29.2 Å². The monoisotopic (exact) mass is 668 g/mol. The van der Waals surface area contributed by atoms with Crippen LogP contribution in [0.5, 0.6) is 0 Å². The van der Waals surface area contributed by atoms with Gasteiger partial charge in [0.25, 0.3) is 0 Å². The van der Waals surface area contributed by atoms with Crippen LogP contribution in [0.15, 0.2) is 89.8 Å². The van der Waals surface area contributed by atoms with Crippen molar-refractivity contribution in [2.75, 3.05) is 18.0 Å². The van der Waals surface area contributed by atoms with Gasteiger partial charge in [0.15, 0.2) is 23.3 Å².